The molecule has 0 aromatic heterocycles. The van der Waals surface area contributed by atoms with Gasteiger partial charge in [-0.2, -0.15) is 0 Å². The maximum atomic E-state index is 9.21. The summed E-state index contributed by atoms with van der Waals surface area (Å²) in [7, 11) is 1.60. The molecule has 0 unspecified atom stereocenters. The largest absolute Gasteiger partial charge is 0.497 e. The van der Waals surface area contributed by atoms with E-state index in [1.807, 2.05) is 18.2 Å². The summed E-state index contributed by atoms with van der Waals surface area (Å²) < 4.78 is 16.3. The first-order chi connectivity index (χ1) is 9.63. The number of hydrogen-bond acceptors (Lipinski definition) is 6. The Bertz CT molecular complexity index is 445. The average molecular weight is 320 g/mol. The molecule has 0 amide bonds. The topological polar surface area (TPSA) is 94.2 Å². The Morgan fingerprint density at radius 1 is 1.48 bits per heavy atom. The summed E-state index contributed by atoms with van der Waals surface area (Å²) >= 11 is 0. The van der Waals surface area contributed by atoms with Gasteiger partial charge in [-0.1, -0.05) is 6.07 Å². The number of nitrogens with two attached hydrogens (primary N) is 1. The molecule has 1 aliphatic heterocycles. The number of ether oxygens (including phenoxy) is 3. The molecule has 1 aliphatic rings. The Morgan fingerprint density at radius 2 is 2.24 bits per heavy atom. The first kappa shape index (κ1) is 18.0. The maximum Gasteiger partial charge on any atom is 0.128 e. The predicted molar refractivity (Wildman–Crippen MR) is 80.1 cm³/mol. The highest BCUT2D eigenvalue weighted by Crippen LogP contribution is 2.35. The zero-order chi connectivity index (χ0) is 14.5. The first-order valence-electron chi connectivity index (χ1n) is 6.61. The lowest BCUT2D eigenvalue weighted by Crippen LogP contribution is -2.34. The number of hydrogen-bond donors (Lipinski definition) is 3. The fraction of sp³-hybridized carbons (Fsp3) is 0.571. The second kappa shape index (κ2) is 8.41. The van der Waals surface area contributed by atoms with E-state index < -0.39 is 6.10 Å². The molecule has 6 nitrogen and oxygen atoms in total. The third-order valence-corrected chi connectivity index (χ3v) is 3.26. The quantitative estimate of drug-likeness (QED) is 0.712. The number of fused-ring (bicyclic) bond motifs is 1. The summed E-state index contributed by atoms with van der Waals surface area (Å²) in [5, 5.41) is 17.9. The van der Waals surface area contributed by atoms with Gasteiger partial charge in [-0.15, -0.1) is 12.4 Å². The fourth-order valence-electron chi connectivity index (χ4n) is 2.18. The van der Waals surface area contributed by atoms with Crippen LogP contribution < -0.4 is 15.2 Å². The summed E-state index contributed by atoms with van der Waals surface area (Å²) in [4.78, 5) is 0. The van der Waals surface area contributed by atoms with Gasteiger partial charge >= 0.3 is 0 Å². The van der Waals surface area contributed by atoms with Crippen LogP contribution in [0, 0.1) is 0 Å². The van der Waals surface area contributed by atoms with E-state index in [2.05, 4.69) is 0 Å². The van der Waals surface area contributed by atoms with Crippen molar-refractivity contribution in [1.82, 2.24) is 0 Å². The van der Waals surface area contributed by atoms with Crippen molar-refractivity contribution >= 4 is 12.4 Å². The van der Waals surface area contributed by atoms with Gasteiger partial charge in [0.05, 0.1) is 26.9 Å². The molecule has 1 aromatic carbocycles. The number of benzene rings is 1. The third kappa shape index (κ3) is 4.72. The van der Waals surface area contributed by atoms with Crippen LogP contribution in [0.15, 0.2) is 18.2 Å². The van der Waals surface area contributed by atoms with Crippen molar-refractivity contribution in [3.05, 3.63) is 23.8 Å². The van der Waals surface area contributed by atoms with Crippen molar-refractivity contribution in [3.63, 3.8) is 0 Å². The maximum absolute atomic E-state index is 9.21. The van der Waals surface area contributed by atoms with Gasteiger partial charge in [0.2, 0.25) is 0 Å². The normalized spacial score (nSPS) is 21.7. The van der Waals surface area contributed by atoms with Crippen LogP contribution >= 0.6 is 12.4 Å². The standard InChI is InChI=1S/C14H21NO5.ClH/c1-18-10-2-3-12-13(15)4-11(20-14(12)5-10)8-19-7-9(17)6-16;/h2-3,5,9,11,13,16-17H,4,6-8,15H2,1H3;1H/t9-,11+,13+;/m1./s1. The lowest BCUT2D eigenvalue weighted by molar-refractivity contribution is -0.0241. The number of halogens is 1. The molecule has 4 N–H and O–H groups in total. The monoisotopic (exact) mass is 319 g/mol. The van der Waals surface area contributed by atoms with Crippen LogP contribution in [0.3, 0.4) is 0 Å². The summed E-state index contributed by atoms with van der Waals surface area (Å²) in [6.45, 7) is 0.0864. The molecule has 0 aliphatic carbocycles. The van der Waals surface area contributed by atoms with Crippen LogP contribution in [0.25, 0.3) is 0 Å². The van der Waals surface area contributed by atoms with E-state index in [1.165, 1.54) is 0 Å². The molecule has 7 heteroatoms. The molecule has 21 heavy (non-hydrogen) atoms. The first-order valence-corrected chi connectivity index (χ1v) is 6.61. The van der Waals surface area contributed by atoms with Crippen LogP contribution in [-0.2, 0) is 4.74 Å². The second-order valence-electron chi connectivity index (χ2n) is 4.86. The minimum atomic E-state index is -0.861. The molecule has 1 aromatic rings. The number of aliphatic hydroxyl groups is 2. The van der Waals surface area contributed by atoms with Gasteiger partial charge in [-0.3, -0.25) is 0 Å². The molecular formula is C14H22ClNO5. The van der Waals surface area contributed by atoms with E-state index in [1.54, 1.807) is 7.11 Å². The summed E-state index contributed by atoms with van der Waals surface area (Å²) in [6, 6.07) is 5.47. The fourth-order valence-corrected chi connectivity index (χ4v) is 2.18. The molecule has 0 spiro atoms. The van der Waals surface area contributed by atoms with E-state index in [9.17, 15) is 5.11 Å². The number of methoxy groups -OCH3 is 1. The zero-order valence-corrected chi connectivity index (χ0v) is 12.7. The van der Waals surface area contributed by atoms with Gasteiger partial charge in [-0.05, 0) is 6.07 Å². The Labute approximate surface area is 130 Å². The van der Waals surface area contributed by atoms with Crippen LogP contribution in [0.1, 0.15) is 18.0 Å². The number of aliphatic hydroxyl groups excluding tert-OH is 2. The van der Waals surface area contributed by atoms with E-state index in [0.29, 0.717) is 24.5 Å². The molecule has 0 bridgehead atoms. The average Bonchev–Trinajstić information content (AvgIpc) is 2.46. The summed E-state index contributed by atoms with van der Waals surface area (Å²) in [6.07, 6.45) is -0.385. The summed E-state index contributed by atoms with van der Waals surface area (Å²) in [5.74, 6) is 1.42. The molecule has 3 atom stereocenters. The number of rotatable bonds is 6. The smallest absolute Gasteiger partial charge is 0.128 e. The molecule has 0 radical (unpaired) electrons. The lowest BCUT2D eigenvalue weighted by atomic mass is 9.97. The van der Waals surface area contributed by atoms with Gasteiger partial charge in [0.25, 0.3) is 0 Å². The van der Waals surface area contributed by atoms with Gasteiger partial charge in [0.15, 0.2) is 0 Å². The third-order valence-electron chi connectivity index (χ3n) is 3.26. The minimum absolute atomic E-state index is 0. The zero-order valence-electron chi connectivity index (χ0n) is 11.9. The van der Waals surface area contributed by atoms with E-state index in [0.717, 1.165) is 5.56 Å². The molecule has 0 fully saturated rings. The highest BCUT2D eigenvalue weighted by Gasteiger charge is 2.26. The van der Waals surface area contributed by atoms with Crippen molar-refractivity contribution < 1.29 is 24.4 Å². The van der Waals surface area contributed by atoms with Gasteiger partial charge in [-0.25, -0.2) is 0 Å². The van der Waals surface area contributed by atoms with Crippen molar-refractivity contribution in [1.29, 1.82) is 0 Å². The van der Waals surface area contributed by atoms with Crippen LogP contribution in [0.2, 0.25) is 0 Å². The van der Waals surface area contributed by atoms with Crippen molar-refractivity contribution in [2.75, 3.05) is 26.9 Å². The van der Waals surface area contributed by atoms with Crippen LogP contribution in [-0.4, -0.2) is 49.4 Å². The highest BCUT2D eigenvalue weighted by molar-refractivity contribution is 5.85. The van der Waals surface area contributed by atoms with Gasteiger partial charge < -0.3 is 30.2 Å². The molecule has 0 saturated heterocycles. The molecule has 0 saturated carbocycles. The van der Waals surface area contributed by atoms with E-state index in [4.69, 9.17) is 25.1 Å². The highest BCUT2D eigenvalue weighted by atomic mass is 35.5. The van der Waals surface area contributed by atoms with Gasteiger partial charge in [0, 0.05) is 24.1 Å². The molecule has 1 heterocycles. The Morgan fingerprint density at radius 3 is 2.90 bits per heavy atom. The molecule has 120 valence electrons. The van der Waals surface area contributed by atoms with Crippen molar-refractivity contribution in [2.45, 2.75) is 24.7 Å². The van der Waals surface area contributed by atoms with Crippen molar-refractivity contribution in [2.24, 2.45) is 5.73 Å². The van der Waals surface area contributed by atoms with Crippen LogP contribution in [0.4, 0.5) is 0 Å². The molecule has 2 rings (SSSR count). The van der Waals surface area contributed by atoms with Gasteiger partial charge in [0.1, 0.15) is 23.7 Å². The van der Waals surface area contributed by atoms with E-state index >= 15 is 0 Å². The SMILES string of the molecule is COc1ccc2c(c1)O[C@H](COC[C@H](O)CO)C[C@@H]2N.Cl. The summed E-state index contributed by atoms with van der Waals surface area (Å²) in [5.41, 5.74) is 7.08. The Hall–Kier alpha value is -1.05. The second-order valence-corrected chi connectivity index (χ2v) is 4.86. The van der Waals surface area contributed by atoms with Crippen LogP contribution in [0.5, 0.6) is 11.5 Å². The predicted octanol–water partition coefficient (Wildman–Crippen LogP) is 0.638. The minimum Gasteiger partial charge on any atom is -0.497 e. The lowest BCUT2D eigenvalue weighted by Gasteiger charge is -2.30. The molecular weight excluding hydrogens is 298 g/mol. The van der Waals surface area contributed by atoms with Crippen molar-refractivity contribution in [3.8, 4) is 11.5 Å². The van der Waals surface area contributed by atoms with E-state index in [-0.39, 0.29) is 37.8 Å². The Kier molecular flexibility index (Phi) is 7.21. The Balaban J connectivity index is 0.00000220.